The van der Waals surface area contributed by atoms with E-state index in [-0.39, 0.29) is 0 Å². The third kappa shape index (κ3) is 3.87. The molecule has 0 radical (unpaired) electrons. The zero-order valence-electron chi connectivity index (χ0n) is 11.6. The molecule has 0 amide bonds. The van der Waals surface area contributed by atoms with Crippen LogP contribution in [0.3, 0.4) is 0 Å². The summed E-state index contributed by atoms with van der Waals surface area (Å²) in [5.41, 5.74) is 2.02. The summed E-state index contributed by atoms with van der Waals surface area (Å²) in [5.74, 6) is 1.23. The van der Waals surface area contributed by atoms with Gasteiger partial charge in [0, 0.05) is 25.5 Å². The summed E-state index contributed by atoms with van der Waals surface area (Å²) >= 11 is 12.1. The molecule has 1 N–H and O–H groups in total. The number of alkyl halides is 1. The monoisotopic (exact) mass is 291 g/mol. The van der Waals surface area contributed by atoms with Gasteiger partial charge in [-0.05, 0) is 18.8 Å². The Balaban J connectivity index is 2.70. The minimum atomic E-state index is 0.415. The van der Waals surface area contributed by atoms with E-state index in [1.165, 1.54) is 0 Å². The van der Waals surface area contributed by atoms with E-state index in [1.807, 2.05) is 11.7 Å². The Morgan fingerprint density at radius 3 is 2.50 bits per heavy atom. The number of aryl methyl sites for hydroxylation is 2. The zero-order chi connectivity index (χ0) is 13.7. The molecule has 104 valence electrons. The molecule has 0 saturated carbocycles. The average Bonchev–Trinajstić information content (AvgIpc) is 2.60. The lowest BCUT2D eigenvalue weighted by molar-refractivity contribution is 0.384. The molecule has 1 atom stereocenters. The van der Waals surface area contributed by atoms with Crippen LogP contribution in [0.25, 0.3) is 0 Å². The molecule has 0 bridgehead atoms. The van der Waals surface area contributed by atoms with Crippen molar-refractivity contribution in [3.63, 3.8) is 0 Å². The van der Waals surface area contributed by atoms with E-state index < -0.39 is 0 Å². The van der Waals surface area contributed by atoms with E-state index in [9.17, 15) is 0 Å². The average molecular weight is 292 g/mol. The van der Waals surface area contributed by atoms with Crippen molar-refractivity contribution >= 4 is 23.2 Å². The number of hydrogen-bond acceptors (Lipinski definition) is 2. The molecule has 0 aliphatic rings. The van der Waals surface area contributed by atoms with Crippen LogP contribution >= 0.6 is 23.2 Å². The molecule has 0 spiro atoms. The largest absolute Gasteiger partial charge is 0.308 e. The predicted molar refractivity (Wildman–Crippen MR) is 78.4 cm³/mol. The number of aromatic nitrogens is 2. The fourth-order valence-electron chi connectivity index (χ4n) is 2.03. The van der Waals surface area contributed by atoms with Gasteiger partial charge in [0.1, 0.15) is 0 Å². The summed E-state index contributed by atoms with van der Waals surface area (Å²) in [7, 11) is 1.94. The SMILES string of the molecule is CCc1nn(C)c(CNC(CCCl)C(C)C)c1Cl. The number of nitrogens with one attached hydrogen (secondary N) is 1. The smallest absolute Gasteiger partial charge is 0.0863 e. The van der Waals surface area contributed by atoms with Gasteiger partial charge in [-0.1, -0.05) is 32.4 Å². The first kappa shape index (κ1) is 15.8. The van der Waals surface area contributed by atoms with Crippen molar-refractivity contribution in [3.05, 3.63) is 16.4 Å². The first-order valence-electron chi connectivity index (χ1n) is 6.50. The minimum Gasteiger partial charge on any atom is -0.308 e. The molecule has 0 aliphatic heterocycles. The van der Waals surface area contributed by atoms with Gasteiger partial charge < -0.3 is 5.32 Å². The van der Waals surface area contributed by atoms with Gasteiger partial charge in [0.15, 0.2) is 0 Å². The molecule has 1 aromatic heterocycles. The molecule has 0 fully saturated rings. The third-order valence-corrected chi connectivity index (χ3v) is 3.91. The highest BCUT2D eigenvalue weighted by Gasteiger charge is 2.16. The molecular formula is C13H23Cl2N3. The number of rotatable bonds is 7. The number of halogens is 2. The Kier molecular flexibility index (Phi) is 6.47. The highest BCUT2D eigenvalue weighted by Crippen LogP contribution is 2.21. The van der Waals surface area contributed by atoms with E-state index >= 15 is 0 Å². The maximum absolute atomic E-state index is 6.32. The van der Waals surface area contributed by atoms with Gasteiger partial charge in [0.05, 0.1) is 16.4 Å². The van der Waals surface area contributed by atoms with Crippen molar-refractivity contribution in [3.8, 4) is 0 Å². The topological polar surface area (TPSA) is 29.9 Å². The van der Waals surface area contributed by atoms with Crippen molar-refractivity contribution in [2.45, 2.75) is 46.2 Å². The van der Waals surface area contributed by atoms with Gasteiger partial charge in [-0.2, -0.15) is 5.10 Å². The van der Waals surface area contributed by atoms with E-state index in [4.69, 9.17) is 23.2 Å². The summed E-state index contributed by atoms with van der Waals surface area (Å²) in [6, 6.07) is 0.415. The van der Waals surface area contributed by atoms with Crippen LogP contribution < -0.4 is 5.32 Å². The maximum atomic E-state index is 6.32. The molecule has 5 heteroatoms. The normalized spacial score (nSPS) is 13.3. The lowest BCUT2D eigenvalue weighted by Crippen LogP contribution is -2.34. The molecule has 1 unspecified atom stereocenters. The summed E-state index contributed by atoms with van der Waals surface area (Å²) in [5, 5.41) is 8.73. The van der Waals surface area contributed by atoms with Crippen LogP contribution in [0.2, 0.25) is 5.02 Å². The van der Waals surface area contributed by atoms with Crippen molar-refractivity contribution in [2.75, 3.05) is 5.88 Å². The van der Waals surface area contributed by atoms with Gasteiger partial charge in [-0.25, -0.2) is 0 Å². The second-order valence-electron chi connectivity index (χ2n) is 4.89. The van der Waals surface area contributed by atoms with Gasteiger partial charge in [0.2, 0.25) is 0 Å². The van der Waals surface area contributed by atoms with Gasteiger partial charge >= 0.3 is 0 Å². The molecular weight excluding hydrogens is 269 g/mol. The molecule has 0 aromatic carbocycles. The van der Waals surface area contributed by atoms with E-state index in [0.717, 1.165) is 35.8 Å². The zero-order valence-corrected chi connectivity index (χ0v) is 13.1. The van der Waals surface area contributed by atoms with Crippen LogP contribution in [0, 0.1) is 5.92 Å². The number of hydrogen-bond donors (Lipinski definition) is 1. The molecule has 18 heavy (non-hydrogen) atoms. The lowest BCUT2D eigenvalue weighted by Gasteiger charge is -2.21. The van der Waals surface area contributed by atoms with Crippen molar-refractivity contribution in [2.24, 2.45) is 13.0 Å². The van der Waals surface area contributed by atoms with Crippen LogP contribution in [0.5, 0.6) is 0 Å². The maximum Gasteiger partial charge on any atom is 0.0863 e. The second kappa shape index (κ2) is 7.37. The van der Waals surface area contributed by atoms with Crippen molar-refractivity contribution in [1.29, 1.82) is 0 Å². The predicted octanol–water partition coefficient (Wildman–Crippen LogP) is 3.38. The summed E-state index contributed by atoms with van der Waals surface area (Å²) in [6.07, 6.45) is 1.83. The van der Waals surface area contributed by atoms with Gasteiger partial charge in [0.25, 0.3) is 0 Å². The van der Waals surface area contributed by atoms with Gasteiger partial charge in [-0.15, -0.1) is 11.6 Å². The van der Waals surface area contributed by atoms with E-state index in [0.29, 0.717) is 17.8 Å². The Hall–Kier alpha value is -0.250. The Morgan fingerprint density at radius 1 is 1.39 bits per heavy atom. The standard InChI is InChI=1S/C13H23Cl2N3/c1-5-10-13(15)12(18(4)17-10)8-16-11(6-7-14)9(2)3/h9,11,16H,5-8H2,1-4H3. The lowest BCUT2D eigenvalue weighted by atomic mass is 10.0. The first-order valence-corrected chi connectivity index (χ1v) is 7.42. The Labute approximate surface area is 120 Å². The van der Waals surface area contributed by atoms with Crippen LogP contribution in [-0.2, 0) is 20.0 Å². The fourth-order valence-corrected chi connectivity index (χ4v) is 2.62. The molecule has 1 aromatic rings. The minimum absolute atomic E-state index is 0.415. The molecule has 1 rings (SSSR count). The van der Waals surface area contributed by atoms with E-state index in [2.05, 4.69) is 31.2 Å². The molecule has 0 aliphatic carbocycles. The molecule has 3 nitrogen and oxygen atoms in total. The molecule has 0 saturated heterocycles. The van der Waals surface area contributed by atoms with Crippen LogP contribution in [0.4, 0.5) is 0 Å². The highest BCUT2D eigenvalue weighted by molar-refractivity contribution is 6.31. The summed E-state index contributed by atoms with van der Waals surface area (Å²) in [4.78, 5) is 0. The quantitative estimate of drug-likeness (QED) is 0.781. The van der Waals surface area contributed by atoms with Crippen LogP contribution in [0.15, 0.2) is 0 Å². The fraction of sp³-hybridized carbons (Fsp3) is 0.769. The van der Waals surface area contributed by atoms with Crippen LogP contribution in [-0.4, -0.2) is 21.7 Å². The molecule has 1 heterocycles. The highest BCUT2D eigenvalue weighted by atomic mass is 35.5. The third-order valence-electron chi connectivity index (χ3n) is 3.26. The van der Waals surface area contributed by atoms with E-state index in [1.54, 1.807) is 0 Å². The Morgan fingerprint density at radius 2 is 2.06 bits per heavy atom. The van der Waals surface area contributed by atoms with Crippen molar-refractivity contribution < 1.29 is 0 Å². The first-order chi connectivity index (χ1) is 8.51. The Bertz CT molecular complexity index is 375. The summed E-state index contributed by atoms with van der Waals surface area (Å²) < 4.78 is 1.87. The number of nitrogens with zero attached hydrogens (tertiary/aromatic N) is 2. The van der Waals surface area contributed by atoms with Crippen molar-refractivity contribution in [1.82, 2.24) is 15.1 Å². The van der Waals surface area contributed by atoms with Gasteiger partial charge in [-0.3, -0.25) is 4.68 Å². The van der Waals surface area contributed by atoms with Crippen LogP contribution in [0.1, 0.15) is 38.6 Å². The second-order valence-corrected chi connectivity index (χ2v) is 5.65. The summed E-state index contributed by atoms with van der Waals surface area (Å²) in [6.45, 7) is 7.21.